The lowest BCUT2D eigenvalue weighted by atomic mass is 9.93. The molecular formula is C30H56NO6+. The van der Waals surface area contributed by atoms with E-state index in [-0.39, 0.29) is 25.8 Å². The molecule has 0 fully saturated rings. The molecule has 0 heterocycles. The molecule has 0 rings (SSSR count). The molecule has 0 aliphatic heterocycles. The summed E-state index contributed by atoms with van der Waals surface area (Å²) in [6.45, 7) is 7.60. The van der Waals surface area contributed by atoms with Crippen LogP contribution in [-0.4, -0.2) is 62.4 Å². The molecule has 0 saturated carbocycles. The van der Waals surface area contributed by atoms with Crippen LogP contribution in [0.25, 0.3) is 0 Å². The first-order valence-corrected chi connectivity index (χ1v) is 14.9. The Morgan fingerprint density at radius 1 is 0.541 bits per heavy atom. The van der Waals surface area contributed by atoms with Gasteiger partial charge in [0.2, 0.25) is 0 Å². The predicted octanol–water partition coefficient (Wildman–Crippen LogP) is 7.43. The minimum Gasteiger partial charge on any atom is -0.477 e. The van der Waals surface area contributed by atoms with Crippen LogP contribution < -0.4 is 0 Å². The fraction of sp³-hybridized carbons (Fsp3) is 0.833. The molecule has 0 aliphatic carbocycles. The molecule has 0 saturated heterocycles. The van der Waals surface area contributed by atoms with Gasteiger partial charge in [-0.3, -0.25) is 4.48 Å². The fourth-order valence-corrected chi connectivity index (χ4v) is 5.90. The summed E-state index contributed by atoms with van der Waals surface area (Å²) in [4.78, 5) is 36.7. The number of carbonyl (C=O) groups is 3. The quantitative estimate of drug-likeness (QED) is 0.0648. The summed E-state index contributed by atoms with van der Waals surface area (Å²) in [5, 5.41) is 30.0. The van der Waals surface area contributed by atoms with Crippen molar-refractivity contribution in [2.45, 2.75) is 155 Å². The SMILES string of the molecule is CCCC/C=C/CCCCCCCCCCCC[N+](C(CC)C(=O)O)(C(CC)C(=O)O)C(CC)C(=O)O. The van der Waals surface area contributed by atoms with Crippen molar-refractivity contribution in [3.8, 4) is 0 Å². The van der Waals surface area contributed by atoms with Gasteiger partial charge in [0.05, 0.1) is 6.54 Å². The lowest BCUT2D eigenvalue weighted by Crippen LogP contribution is -2.72. The third-order valence-electron chi connectivity index (χ3n) is 7.81. The number of aliphatic carboxylic acids is 3. The average molecular weight is 527 g/mol. The number of rotatable bonds is 25. The molecule has 3 atom stereocenters. The van der Waals surface area contributed by atoms with Crippen molar-refractivity contribution in [1.29, 1.82) is 0 Å². The van der Waals surface area contributed by atoms with Crippen LogP contribution in [0, 0.1) is 0 Å². The molecule has 0 aromatic rings. The first kappa shape index (κ1) is 35.1. The Morgan fingerprint density at radius 3 is 1.19 bits per heavy atom. The highest BCUT2D eigenvalue weighted by Crippen LogP contribution is 2.32. The highest BCUT2D eigenvalue weighted by molar-refractivity contribution is 5.78. The van der Waals surface area contributed by atoms with Crippen LogP contribution in [0.2, 0.25) is 0 Å². The Labute approximate surface area is 225 Å². The molecule has 7 heteroatoms. The average Bonchev–Trinajstić information content (AvgIpc) is 2.84. The summed E-state index contributed by atoms with van der Waals surface area (Å²) in [7, 11) is 0. The molecule has 0 spiro atoms. The van der Waals surface area contributed by atoms with E-state index in [0.717, 1.165) is 19.3 Å². The Hall–Kier alpha value is -1.89. The smallest absolute Gasteiger partial charge is 0.362 e. The zero-order valence-electron chi connectivity index (χ0n) is 24.1. The Morgan fingerprint density at radius 2 is 0.865 bits per heavy atom. The third-order valence-corrected chi connectivity index (χ3v) is 7.81. The maximum atomic E-state index is 12.2. The van der Waals surface area contributed by atoms with E-state index in [0.29, 0.717) is 6.42 Å². The molecule has 37 heavy (non-hydrogen) atoms. The molecule has 0 aliphatic rings. The summed E-state index contributed by atoms with van der Waals surface area (Å²) in [6, 6.07) is -3.18. The van der Waals surface area contributed by atoms with Crippen LogP contribution in [0.5, 0.6) is 0 Å². The lowest BCUT2D eigenvalue weighted by Gasteiger charge is -2.49. The monoisotopic (exact) mass is 526 g/mol. The zero-order chi connectivity index (χ0) is 28.1. The zero-order valence-corrected chi connectivity index (χ0v) is 24.1. The summed E-state index contributed by atoms with van der Waals surface area (Å²) in [5.74, 6) is -3.35. The van der Waals surface area contributed by atoms with Crippen LogP contribution in [0.3, 0.4) is 0 Å². The van der Waals surface area contributed by atoms with Crippen molar-refractivity contribution in [1.82, 2.24) is 0 Å². The van der Waals surface area contributed by atoms with Crippen molar-refractivity contribution >= 4 is 17.9 Å². The number of carboxylic acid groups (broad SMARTS) is 3. The van der Waals surface area contributed by atoms with Gasteiger partial charge in [0.25, 0.3) is 0 Å². The van der Waals surface area contributed by atoms with Crippen molar-refractivity contribution < 1.29 is 34.2 Å². The molecule has 3 unspecified atom stereocenters. The van der Waals surface area contributed by atoms with Crippen molar-refractivity contribution in [2.75, 3.05) is 6.54 Å². The van der Waals surface area contributed by atoms with Crippen LogP contribution in [-0.2, 0) is 14.4 Å². The number of hydrogen-bond donors (Lipinski definition) is 3. The Bertz CT molecular complexity index is 607. The molecular weight excluding hydrogens is 470 g/mol. The number of nitrogens with zero attached hydrogens (tertiary/aromatic N) is 1. The molecule has 0 aromatic carbocycles. The van der Waals surface area contributed by atoms with Crippen molar-refractivity contribution in [3.05, 3.63) is 12.2 Å². The van der Waals surface area contributed by atoms with E-state index in [4.69, 9.17) is 0 Å². The van der Waals surface area contributed by atoms with Gasteiger partial charge in [0.1, 0.15) is 0 Å². The minimum atomic E-state index is -1.12. The van der Waals surface area contributed by atoms with Crippen LogP contribution in [0.1, 0.15) is 137 Å². The fourth-order valence-electron chi connectivity index (χ4n) is 5.90. The minimum absolute atomic E-state index is 0.192. The Kier molecular flexibility index (Phi) is 20.0. The van der Waals surface area contributed by atoms with E-state index in [2.05, 4.69) is 19.1 Å². The maximum Gasteiger partial charge on any atom is 0.362 e. The topological polar surface area (TPSA) is 112 Å². The van der Waals surface area contributed by atoms with Gasteiger partial charge >= 0.3 is 17.9 Å². The van der Waals surface area contributed by atoms with Gasteiger partial charge in [-0.15, -0.1) is 0 Å². The normalized spacial score (nSPS) is 15.8. The standard InChI is InChI=1S/C30H55NO6/c1-5-9-10-11-12-13-14-15-16-17-18-19-20-21-22-23-24-31(25(6-2)28(32)33,26(7-3)29(34)35)27(8-4)30(36)37/h11-12,25-27H,5-10,13-24H2,1-4H3,(H2-,32,33,34,35,36,37)/p+1/b12-11+. The summed E-state index contributed by atoms with van der Waals surface area (Å²) in [6.07, 6.45) is 21.2. The van der Waals surface area contributed by atoms with Gasteiger partial charge < -0.3 is 15.3 Å². The number of allylic oxidation sites excluding steroid dienone is 2. The van der Waals surface area contributed by atoms with E-state index >= 15 is 0 Å². The second kappa shape index (κ2) is 21.1. The van der Waals surface area contributed by atoms with E-state index in [1.54, 1.807) is 20.8 Å². The highest BCUT2D eigenvalue weighted by Gasteiger charge is 2.55. The number of unbranched alkanes of at least 4 members (excludes halogenated alkanes) is 12. The molecule has 3 N–H and O–H groups in total. The molecule has 0 radical (unpaired) electrons. The second-order valence-electron chi connectivity index (χ2n) is 10.4. The van der Waals surface area contributed by atoms with E-state index in [9.17, 15) is 29.7 Å². The summed E-state index contributed by atoms with van der Waals surface area (Å²) in [5.41, 5.74) is 0. The highest BCUT2D eigenvalue weighted by atomic mass is 16.4. The molecule has 216 valence electrons. The van der Waals surface area contributed by atoms with Gasteiger partial charge in [-0.25, -0.2) is 14.4 Å². The van der Waals surface area contributed by atoms with E-state index < -0.39 is 40.5 Å². The molecule has 7 nitrogen and oxygen atoms in total. The Balaban J connectivity index is 4.75. The van der Waals surface area contributed by atoms with Gasteiger partial charge in [0.15, 0.2) is 18.1 Å². The van der Waals surface area contributed by atoms with Crippen LogP contribution in [0.15, 0.2) is 12.2 Å². The predicted molar refractivity (Wildman–Crippen MR) is 150 cm³/mol. The summed E-state index contributed by atoms with van der Waals surface area (Å²) < 4.78 is -0.405. The number of quaternary nitrogens is 1. The van der Waals surface area contributed by atoms with Gasteiger partial charge in [-0.1, -0.05) is 97.6 Å². The van der Waals surface area contributed by atoms with Crippen molar-refractivity contribution in [2.24, 2.45) is 0 Å². The maximum absolute atomic E-state index is 12.2. The van der Waals surface area contributed by atoms with Crippen LogP contribution >= 0.6 is 0 Å². The van der Waals surface area contributed by atoms with E-state index in [1.807, 2.05) is 0 Å². The van der Waals surface area contributed by atoms with Gasteiger partial charge in [-0.05, 0) is 32.1 Å². The molecule has 0 aromatic heterocycles. The van der Waals surface area contributed by atoms with Gasteiger partial charge in [0, 0.05) is 19.3 Å². The number of hydrogen-bond acceptors (Lipinski definition) is 3. The van der Waals surface area contributed by atoms with E-state index in [1.165, 1.54) is 64.2 Å². The molecule has 0 bridgehead atoms. The number of carboxylic acids is 3. The van der Waals surface area contributed by atoms with Gasteiger partial charge in [-0.2, -0.15) is 0 Å². The van der Waals surface area contributed by atoms with Crippen LogP contribution in [0.4, 0.5) is 0 Å². The first-order chi connectivity index (χ1) is 17.7. The largest absolute Gasteiger partial charge is 0.477 e. The molecule has 0 amide bonds. The first-order valence-electron chi connectivity index (χ1n) is 14.9. The third kappa shape index (κ3) is 12.5. The second-order valence-corrected chi connectivity index (χ2v) is 10.4. The lowest BCUT2D eigenvalue weighted by molar-refractivity contribution is -0.973. The van der Waals surface area contributed by atoms with Crippen molar-refractivity contribution in [3.63, 3.8) is 0 Å². The summed E-state index contributed by atoms with van der Waals surface area (Å²) >= 11 is 0.